The molecule has 1 aromatic heterocycles. The number of likely N-dealkylation sites (N-methyl/N-ethyl adjacent to an activating group) is 1. The summed E-state index contributed by atoms with van der Waals surface area (Å²) in [6.07, 6.45) is 2.60. The number of hydrogen-bond acceptors (Lipinski definition) is 4. The Labute approximate surface area is 128 Å². The SMILES string of the molecule is CC1CN(C(=O)c2ccc(/C=C/C(=O)O)s2)CC1N(C)C. The molecule has 0 radical (unpaired) electrons. The summed E-state index contributed by atoms with van der Waals surface area (Å²) in [6.45, 7) is 3.67. The van der Waals surface area contributed by atoms with Crippen molar-refractivity contribution in [3.63, 3.8) is 0 Å². The molecule has 0 spiro atoms. The number of carboxylic acid groups (broad SMARTS) is 1. The Balaban J connectivity index is 2.06. The van der Waals surface area contributed by atoms with Gasteiger partial charge in [0.1, 0.15) is 0 Å². The lowest BCUT2D eigenvalue weighted by molar-refractivity contribution is -0.131. The van der Waals surface area contributed by atoms with E-state index in [1.54, 1.807) is 12.1 Å². The van der Waals surface area contributed by atoms with Crippen molar-refractivity contribution in [2.45, 2.75) is 13.0 Å². The van der Waals surface area contributed by atoms with E-state index >= 15 is 0 Å². The molecule has 6 heteroatoms. The monoisotopic (exact) mass is 308 g/mol. The maximum Gasteiger partial charge on any atom is 0.328 e. The summed E-state index contributed by atoms with van der Waals surface area (Å²) in [7, 11) is 4.07. The first-order valence-electron chi connectivity index (χ1n) is 6.85. The minimum absolute atomic E-state index is 0.0335. The molecule has 0 aromatic carbocycles. The smallest absolute Gasteiger partial charge is 0.328 e. The van der Waals surface area contributed by atoms with Crippen molar-refractivity contribution < 1.29 is 14.7 Å². The molecule has 1 fully saturated rings. The number of thiophene rings is 1. The summed E-state index contributed by atoms with van der Waals surface area (Å²) in [5, 5.41) is 8.61. The van der Waals surface area contributed by atoms with Crippen LogP contribution in [0, 0.1) is 5.92 Å². The third-order valence-electron chi connectivity index (χ3n) is 3.75. The molecule has 0 aliphatic carbocycles. The van der Waals surface area contributed by atoms with Crippen molar-refractivity contribution in [1.29, 1.82) is 0 Å². The molecule has 1 aliphatic heterocycles. The summed E-state index contributed by atoms with van der Waals surface area (Å²) >= 11 is 1.33. The fraction of sp³-hybridized carbons (Fsp3) is 0.467. The molecule has 2 heterocycles. The van der Waals surface area contributed by atoms with Crippen LogP contribution in [-0.4, -0.2) is 60.0 Å². The topological polar surface area (TPSA) is 60.9 Å². The van der Waals surface area contributed by atoms with Gasteiger partial charge in [-0.3, -0.25) is 4.79 Å². The van der Waals surface area contributed by atoms with Gasteiger partial charge < -0.3 is 14.9 Å². The second-order valence-corrected chi connectivity index (χ2v) is 6.71. The Morgan fingerprint density at radius 3 is 2.67 bits per heavy atom. The van der Waals surface area contributed by atoms with Crippen LogP contribution in [0.4, 0.5) is 0 Å². The number of likely N-dealkylation sites (tertiary alicyclic amines) is 1. The molecule has 2 atom stereocenters. The van der Waals surface area contributed by atoms with Gasteiger partial charge in [0.25, 0.3) is 5.91 Å². The van der Waals surface area contributed by atoms with Crippen LogP contribution in [0.1, 0.15) is 21.5 Å². The van der Waals surface area contributed by atoms with E-state index in [2.05, 4.69) is 11.8 Å². The zero-order valence-electron chi connectivity index (χ0n) is 12.4. The van der Waals surface area contributed by atoms with Crippen molar-refractivity contribution >= 4 is 29.3 Å². The highest BCUT2D eigenvalue weighted by Gasteiger charge is 2.34. The third-order valence-corrected chi connectivity index (χ3v) is 4.79. The van der Waals surface area contributed by atoms with Crippen LogP contribution < -0.4 is 0 Å². The second kappa shape index (κ2) is 6.41. The highest BCUT2D eigenvalue weighted by atomic mass is 32.1. The summed E-state index contributed by atoms with van der Waals surface area (Å²) in [4.78, 5) is 28.5. The van der Waals surface area contributed by atoms with Gasteiger partial charge in [-0.1, -0.05) is 6.92 Å². The summed E-state index contributed by atoms with van der Waals surface area (Å²) in [6, 6.07) is 3.93. The van der Waals surface area contributed by atoms with Crippen LogP contribution in [0.5, 0.6) is 0 Å². The number of carboxylic acids is 1. The lowest BCUT2D eigenvalue weighted by Crippen LogP contribution is -2.35. The zero-order chi connectivity index (χ0) is 15.6. The van der Waals surface area contributed by atoms with Crippen molar-refractivity contribution in [3.05, 3.63) is 28.0 Å². The van der Waals surface area contributed by atoms with Crippen LogP contribution in [0.15, 0.2) is 18.2 Å². The van der Waals surface area contributed by atoms with Crippen LogP contribution in [0.2, 0.25) is 0 Å². The first-order valence-corrected chi connectivity index (χ1v) is 7.66. The molecule has 0 bridgehead atoms. The van der Waals surface area contributed by atoms with Crippen molar-refractivity contribution in [2.75, 3.05) is 27.2 Å². The molecule has 2 rings (SSSR count). The number of carbonyl (C=O) groups is 2. The molecule has 5 nitrogen and oxygen atoms in total. The molecule has 21 heavy (non-hydrogen) atoms. The molecular formula is C15H20N2O3S. The van der Waals surface area contributed by atoms with Crippen molar-refractivity contribution in [1.82, 2.24) is 9.80 Å². The largest absolute Gasteiger partial charge is 0.478 e. The van der Waals surface area contributed by atoms with Crippen LogP contribution in [0.3, 0.4) is 0 Å². The van der Waals surface area contributed by atoms with E-state index in [4.69, 9.17) is 5.11 Å². The number of aliphatic carboxylic acids is 1. The van der Waals surface area contributed by atoms with Gasteiger partial charge in [-0.05, 0) is 38.2 Å². The number of nitrogens with zero attached hydrogens (tertiary/aromatic N) is 2. The Morgan fingerprint density at radius 2 is 2.10 bits per heavy atom. The fourth-order valence-electron chi connectivity index (χ4n) is 2.65. The minimum atomic E-state index is -0.988. The molecule has 1 N–H and O–H groups in total. The molecule has 1 amide bonds. The Hall–Kier alpha value is -1.66. The average Bonchev–Trinajstić information content (AvgIpc) is 3.02. The second-order valence-electron chi connectivity index (χ2n) is 5.59. The molecule has 114 valence electrons. The molecule has 1 aromatic rings. The standard InChI is InChI=1S/C15H20N2O3S/c1-10-8-17(9-12(10)16(2)3)15(20)13-6-4-11(21-13)5-7-14(18)19/h4-7,10,12H,8-9H2,1-3H3,(H,18,19)/b7-5+. The first kappa shape index (κ1) is 15.7. The van der Waals surface area contributed by atoms with Crippen LogP contribution in [0.25, 0.3) is 6.08 Å². The van der Waals surface area contributed by atoms with Gasteiger partial charge in [-0.25, -0.2) is 4.79 Å². The molecule has 0 saturated carbocycles. The number of rotatable bonds is 4. The number of carbonyl (C=O) groups excluding carboxylic acids is 1. The van der Waals surface area contributed by atoms with E-state index in [-0.39, 0.29) is 5.91 Å². The van der Waals surface area contributed by atoms with Crippen molar-refractivity contribution in [3.8, 4) is 0 Å². The maximum absolute atomic E-state index is 12.5. The summed E-state index contributed by atoms with van der Waals surface area (Å²) < 4.78 is 0. The quantitative estimate of drug-likeness (QED) is 0.863. The summed E-state index contributed by atoms with van der Waals surface area (Å²) in [5.74, 6) is -0.500. The molecule has 2 unspecified atom stereocenters. The van der Waals surface area contributed by atoms with Crippen LogP contribution >= 0.6 is 11.3 Å². The van der Waals surface area contributed by atoms with Gasteiger partial charge in [0.05, 0.1) is 4.88 Å². The summed E-state index contributed by atoms with van der Waals surface area (Å²) in [5.41, 5.74) is 0. The van der Waals surface area contributed by atoms with E-state index in [0.717, 1.165) is 24.0 Å². The van der Waals surface area contributed by atoms with Gasteiger partial charge in [-0.2, -0.15) is 0 Å². The average molecular weight is 308 g/mol. The molecule has 1 aliphatic rings. The highest BCUT2D eigenvalue weighted by Crippen LogP contribution is 2.25. The number of hydrogen-bond donors (Lipinski definition) is 1. The van der Waals surface area contributed by atoms with E-state index in [1.165, 1.54) is 17.4 Å². The lowest BCUT2D eigenvalue weighted by Gasteiger charge is -2.22. The van der Waals surface area contributed by atoms with Gasteiger partial charge in [-0.15, -0.1) is 11.3 Å². The third kappa shape index (κ3) is 3.71. The van der Waals surface area contributed by atoms with Crippen molar-refractivity contribution in [2.24, 2.45) is 5.92 Å². The molecular weight excluding hydrogens is 288 g/mol. The van der Waals surface area contributed by atoms with Gasteiger partial charge in [0.2, 0.25) is 0 Å². The van der Waals surface area contributed by atoms with E-state index in [0.29, 0.717) is 16.8 Å². The predicted octanol–water partition coefficient (Wildman–Crippen LogP) is 1.87. The highest BCUT2D eigenvalue weighted by molar-refractivity contribution is 7.14. The minimum Gasteiger partial charge on any atom is -0.478 e. The Kier molecular flexibility index (Phi) is 4.80. The number of amides is 1. The lowest BCUT2D eigenvalue weighted by atomic mass is 10.1. The van der Waals surface area contributed by atoms with E-state index < -0.39 is 5.97 Å². The van der Waals surface area contributed by atoms with E-state index in [9.17, 15) is 9.59 Å². The Morgan fingerprint density at radius 1 is 1.38 bits per heavy atom. The normalized spacial score (nSPS) is 22.4. The Bertz CT molecular complexity index is 565. The first-order chi connectivity index (χ1) is 9.88. The molecule has 1 saturated heterocycles. The maximum atomic E-state index is 12.5. The predicted molar refractivity (Wildman–Crippen MR) is 83.5 cm³/mol. The fourth-order valence-corrected chi connectivity index (χ4v) is 3.53. The van der Waals surface area contributed by atoms with Gasteiger partial charge >= 0.3 is 5.97 Å². The van der Waals surface area contributed by atoms with E-state index in [1.807, 2.05) is 19.0 Å². The van der Waals surface area contributed by atoms with Gasteiger partial charge in [0, 0.05) is 30.1 Å². The zero-order valence-corrected chi connectivity index (χ0v) is 13.3. The van der Waals surface area contributed by atoms with Crippen LogP contribution in [-0.2, 0) is 4.79 Å². The van der Waals surface area contributed by atoms with Gasteiger partial charge in [0.15, 0.2) is 0 Å².